The van der Waals surface area contributed by atoms with Crippen LogP contribution in [0.2, 0.25) is 0 Å². The molecule has 0 amide bonds. The van der Waals surface area contributed by atoms with Crippen molar-refractivity contribution in [3.63, 3.8) is 0 Å². The van der Waals surface area contributed by atoms with Gasteiger partial charge in [-0.05, 0) is 31.4 Å². The molecule has 1 aliphatic rings. The summed E-state index contributed by atoms with van der Waals surface area (Å²) in [5.74, 6) is 0. The highest BCUT2D eigenvalue weighted by Gasteiger charge is 2.43. The lowest BCUT2D eigenvalue weighted by molar-refractivity contribution is 0.678. The maximum absolute atomic E-state index is 3.78. The second-order valence-corrected chi connectivity index (χ2v) is 4.66. The fraction of sp³-hybridized carbons (Fsp3) is 0.455. The summed E-state index contributed by atoms with van der Waals surface area (Å²) in [7, 11) is 0. The number of hydrogen-bond acceptors (Lipinski definition) is 1. The zero-order chi connectivity index (χ0) is 8.60. The fourth-order valence-corrected chi connectivity index (χ4v) is 2.85. The number of hydrogen-bond donors (Lipinski definition) is 0. The van der Waals surface area contributed by atoms with Crippen LogP contribution in [-0.2, 0) is 5.41 Å². The van der Waals surface area contributed by atoms with Crippen LogP contribution in [0.5, 0.6) is 0 Å². The molecule has 0 saturated heterocycles. The normalized spacial score (nSPS) is 19.1. The quantitative estimate of drug-likeness (QED) is 0.660. The molecule has 0 radical (unpaired) electrons. The summed E-state index contributed by atoms with van der Waals surface area (Å²) in [6.07, 6.45) is 6.02. The van der Waals surface area contributed by atoms with Gasteiger partial charge in [0.1, 0.15) is 0 Å². The molecule has 1 aromatic rings. The van der Waals surface area contributed by atoms with Gasteiger partial charge in [0.15, 0.2) is 0 Å². The first-order chi connectivity index (χ1) is 5.80. The van der Waals surface area contributed by atoms with E-state index in [0.29, 0.717) is 5.41 Å². The molecule has 12 heavy (non-hydrogen) atoms. The van der Waals surface area contributed by atoms with Crippen LogP contribution in [0, 0.1) is 0 Å². The van der Waals surface area contributed by atoms with E-state index in [0.717, 1.165) is 0 Å². The van der Waals surface area contributed by atoms with E-state index in [1.165, 1.54) is 24.1 Å². The smallest absolute Gasteiger partial charge is 0.0267 e. The number of rotatable bonds is 3. The molecule has 1 aliphatic carbocycles. The summed E-state index contributed by atoms with van der Waals surface area (Å²) >= 11 is 1.91. The van der Waals surface area contributed by atoms with E-state index >= 15 is 0 Å². The van der Waals surface area contributed by atoms with Crippen LogP contribution < -0.4 is 0 Å². The van der Waals surface area contributed by atoms with Crippen LogP contribution in [0.3, 0.4) is 0 Å². The number of thiophene rings is 1. The first kappa shape index (κ1) is 8.06. The predicted octanol–water partition coefficient (Wildman–Crippen LogP) is 3.83. The van der Waals surface area contributed by atoms with Crippen molar-refractivity contribution >= 4 is 17.4 Å². The van der Waals surface area contributed by atoms with E-state index in [2.05, 4.69) is 25.6 Å². The lowest BCUT2D eigenvalue weighted by Crippen LogP contribution is -2.00. The first-order valence-corrected chi connectivity index (χ1v) is 5.35. The summed E-state index contributed by atoms with van der Waals surface area (Å²) in [6, 6.07) is 4.46. The Balaban J connectivity index is 2.28. The third-order valence-electron chi connectivity index (χ3n) is 2.88. The molecule has 2 rings (SSSR count). The minimum Gasteiger partial charge on any atom is -0.140 e. The second-order valence-electron chi connectivity index (χ2n) is 3.54. The third kappa shape index (κ3) is 1.13. The van der Waals surface area contributed by atoms with Gasteiger partial charge in [-0.15, -0.1) is 11.3 Å². The van der Waals surface area contributed by atoms with Gasteiger partial charge < -0.3 is 0 Å². The molecule has 0 aliphatic heterocycles. The summed E-state index contributed by atoms with van der Waals surface area (Å²) in [5.41, 5.74) is 0.575. The minimum absolute atomic E-state index is 0.575. The Morgan fingerprint density at radius 3 is 2.75 bits per heavy atom. The van der Waals surface area contributed by atoms with Crippen molar-refractivity contribution in [1.29, 1.82) is 0 Å². The molecule has 1 aromatic heterocycles. The topological polar surface area (TPSA) is 0 Å². The van der Waals surface area contributed by atoms with E-state index < -0.39 is 0 Å². The maximum atomic E-state index is 3.78. The van der Waals surface area contributed by atoms with Crippen LogP contribution in [0.4, 0.5) is 0 Å². The molecular formula is C11H14S. The van der Waals surface area contributed by atoms with Crippen LogP contribution >= 0.6 is 11.3 Å². The average Bonchev–Trinajstić information content (AvgIpc) is 2.77. The fourth-order valence-electron chi connectivity index (χ4n) is 1.67. The third-order valence-corrected chi connectivity index (χ3v) is 4.21. The monoisotopic (exact) mass is 178 g/mol. The molecule has 0 N–H and O–H groups in total. The van der Waals surface area contributed by atoms with E-state index in [1.807, 2.05) is 17.4 Å². The van der Waals surface area contributed by atoms with Crippen LogP contribution in [0.15, 0.2) is 18.7 Å². The lowest BCUT2D eigenvalue weighted by atomic mass is 10.0. The van der Waals surface area contributed by atoms with Gasteiger partial charge in [0.25, 0.3) is 0 Å². The zero-order valence-corrected chi connectivity index (χ0v) is 8.29. The molecule has 64 valence electrons. The van der Waals surface area contributed by atoms with Crippen LogP contribution in [0.25, 0.3) is 6.08 Å². The highest BCUT2D eigenvalue weighted by molar-refractivity contribution is 7.13. The van der Waals surface area contributed by atoms with Crippen molar-refractivity contribution in [2.24, 2.45) is 0 Å². The SMILES string of the molecule is C=Cc1ccc(C2(CC)CC2)s1. The van der Waals surface area contributed by atoms with Gasteiger partial charge in [0, 0.05) is 15.2 Å². The van der Waals surface area contributed by atoms with Gasteiger partial charge in [0.2, 0.25) is 0 Å². The Morgan fingerprint density at radius 2 is 2.33 bits per heavy atom. The first-order valence-electron chi connectivity index (χ1n) is 4.53. The standard InChI is InChI=1S/C11H14S/c1-3-9-5-6-10(12-9)11(4-2)7-8-11/h3,5-6H,1,4,7-8H2,2H3. The Kier molecular flexibility index (Phi) is 1.84. The average molecular weight is 178 g/mol. The Morgan fingerprint density at radius 1 is 1.58 bits per heavy atom. The van der Waals surface area contributed by atoms with Crippen molar-refractivity contribution in [1.82, 2.24) is 0 Å². The van der Waals surface area contributed by atoms with Gasteiger partial charge in [0.05, 0.1) is 0 Å². The minimum atomic E-state index is 0.575. The summed E-state index contributed by atoms with van der Waals surface area (Å²) < 4.78 is 0. The second kappa shape index (κ2) is 2.74. The molecule has 0 bridgehead atoms. The molecule has 1 saturated carbocycles. The van der Waals surface area contributed by atoms with E-state index in [9.17, 15) is 0 Å². The highest BCUT2D eigenvalue weighted by Crippen LogP contribution is 2.52. The van der Waals surface area contributed by atoms with Crippen molar-refractivity contribution in [2.45, 2.75) is 31.6 Å². The summed E-state index contributed by atoms with van der Waals surface area (Å²) in [5, 5.41) is 0. The van der Waals surface area contributed by atoms with Gasteiger partial charge in [-0.3, -0.25) is 0 Å². The van der Waals surface area contributed by atoms with E-state index in [4.69, 9.17) is 0 Å². The van der Waals surface area contributed by atoms with E-state index in [-0.39, 0.29) is 0 Å². The predicted molar refractivity (Wildman–Crippen MR) is 55.6 cm³/mol. The van der Waals surface area contributed by atoms with Crippen molar-refractivity contribution < 1.29 is 0 Å². The molecule has 1 fully saturated rings. The van der Waals surface area contributed by atoms with Gasteiger partial charge in [-0.25, -0.2) is 0 Å². The van der Waals surface area contributed by atoms with Gasteiger partial charge in [-0.2, -0.15) is 0 Å². The van der Waals surface area contributed by atoms with Crippen molar-refractivity contribution in [3.8, 4) is 0 Å². The molecule has 0 nitrogen and oxygen atoms in total. The van der Waals surface area contributed by atoms with Gasteiger partial charge in [-0.1, -0.05) is 19.6 Å². The molecule has 0 unspecified atom stereocenters. The Labute approximate surface area is 77.9 Å². The molecule has 0 aromatic carbocycles. The van der Waals surface area contributed by atoms with Crippen LogP contribution in [0.1, 0.15) is 35.9 Å². The molecule has 1 heterocycles. The molecule has 0 spiro atoms. The summed E-state index contributed by atoms with van der Waals surface area (Å²) in [6.45, 7) is 6.07. The zero-order valence-electron chi connectivity index (χ0n) is 7.47. The van der Waals surface area contributed by atoms with E-state index in [1.54, 1.807) is 4.88 Å². The molecular weight excluding hydrogens is 164 g/mol. The van der Waals surface area contributed by atoms with Crippen molar-refractivity contribution in [2.75, 3.05) is 0 Å². The maximum Gasteiger partial charge on any atom is 0.0267 e. The largest absolute Gasteiger partial charge is 0.140 e. The Bertz CT molecular complexity index is 292. The Hall–Kier alpha value is -0.560. The summed E-state index contributed by atoms with van der Waals surface area (Å²) in [4.78, 5) is 2.88. The van der Waals surface area contributed by atoms with Crippen LogP contribution in [-0.4, -0.2) is 0 Å². The molecule has 1 heteroatoms. The highest BCUT2D eigenvalue weighted by atomic mass is 32.1. The van der Waals surface area contributed by atoms with Gasteiger partial charge >= 0.3 is 0 Å². The molecule has 0 atom stereocenters. The lowest BCUT2D eigenvalue weighted by Gasteiger charge is -2.07. The van der Waals surface area contributed by atoms with Crippen molar-refractivity contribution in [3.05, 3.63) is 28.5 Å².